The van der Waals surface area contributed by atoms with Crippen LogP contribution in [-0.2, 0) is 0 Å². The highest BCUT2D eigenvalue weighted by Gasteiger charge is 2.19. The van der Waals surface area contributed by atoms with Crippen LogP contribution in [0.5, 0.6) is 0 Å². The minimum Gasteiger partial charge on any atom is -0.384 e. The van der Waals surface area contributed by atoms with E-state index in [4.69, 9.17) is 5.73 Å². The van der Waals surface area contributed by atoms with Gasteiger partial charge in [-0.1, -0.05) is 42.5 Å². The van der Waals surface area contributed by atoms with Crippen molar-refractivity contribution in [2.75, 3.05) is 5.73 Å². The van der Waals surface area contributed by atoms with Crippen molar-refractivity contribution < 1.29 is 4.39 Å². The second-order valence-corrected chi connectivity index (χ2v) is 7.29. The van der Waals surface area contributed by atoms with Gasteiger partial charge in [0, 0.05) is 17.2 Å². The van der Waals surface area contributed by atoms with E-state index in [9.17, 15) is 9.18 Å². The molecule has 150 valence electrons. The number of hydrogen-bond donors (Lipinski definition) is 1. The van der Waals surface area contributed by atoms with E-state index in [2.05, 4.69) is 10.1 Å². The molecule has 2 N–H and O–H groups in total. The summed E-state index contributed by atoms with van der Waals surface area (Å²) in [7, 11) is 0. The lowest BCUT2D eigenvalue weighted by Crippen LogP contribution is -2.24. The molecular weight excluding hydrogens is 379 g/mol. The Morgan fingerprint density at radius 3 is 2.30 bits per heavy atom. The summed E-state index contributed by atoms with van der Waals surface area (Å²) in [5.41, 5.74) is 10.4. The number of aromatic nitrogens is 3. The third-order valence-electron chi connectivity index (χ3n) is 4.81. The molecule has 0 radical (unpaired) electrons. The van der Waals surface area contributed by atoms with E-state index in [0.29, 0.717) is 17.2 Å². The quantitative estimate of drug-likeness (QED) is 0.526. The lowest BCUT2D eigenvalue weighted by Gasteiger charge is -2.17. The number of anilines is 1. The number of nitrogens with zero attached hydrogens (tertiary/aromatic N) is 3. The number of benzene rings is 2. The van der Waals surface area contributed by atoms with Gasteiger partial charge in [-0.2, -0.15) is 5.10 Å². The van der Waals surface area contributed by atoms with Gasteiger partial charge in [0.15, 0.2) is 0 Å². The van der Waals surface area contributed by atoms with Crippen LogP contribution >= 0.6 is 0 Å². The fourth-order valence-electron chi connectivity index (χ4n) is 3.41. The van der Waals surface area contributed by atoms with Gasteiger partial charge in [0.05, 0.1) is 17.4 Å². The summed E-state index contributed by atoms with van der Waals surface area (Å²) in [6.45, 7) is 3.80. The summed E-state index contributed by atoms with van der Waals surface area (Å²) in [6, 6.07) is 20.7. The Bertz CT molecular complexity index is 1250. The third-order valence-corrected chi connectivity index (χ3v) is 4.81. The van der Waals surface area contributed by atoms with E-state index in [1.165, 1.54) is 22.9 Å². The average Bonchev–Trinajstić information content (AvgIpc) is 2.74. The van der Waals surface area contributed by atoms with Crippen molar-refractivity contribution in [2.45, 2.75) is 19.9 Å². The largest absolute Gasteiger partial charge is 0.384 e. The lowest BCUT2D eigenvalue weighted by atomic mass is 9.93. The van der Waals surface area contributed by atoms with Crippen LogP contribution in [0.4, 0.5) is 10.2 Å². The SMILES string of the molecule is CC(C)n1nc(-c2c(-c3ccc(F)cc3)cc(N)nc2-c2ccccc2)ccc1=O. The minimum atomic E-state index is -0.322. The highest BCUT2D eigenvalue weighted by atomic mass is 19.1. The predicted octanol–water partition coefficient (Wildman–Crippen LogP) is 4.94. The second-order valence-electron chi connectivity index (χ2n) is 7.29. The number of rotatable bonds is 4. The van der Waals surface area contributed by atoms with Gasteiger partial charge in [-0.25, -0.2) is 14.1 Å². The van der Waals surface area contributed by atoms with Crippen molar-refractivity contribution in [3.63, 3.8) is 0 Å². The lowest BCUT2D eigenvalue weighted by molar-refractivity contribution is 0.505. The van der Waals surface area contributed by atoms with Gasteiger partial charge in [0.25, 0.3) is 5.56 Å². The number of nitrogen functional groups attached to an aromatic ring is 1. The monoisotopic (exact) mass is 400 g/mol. The number of pyridine rings is 1. The molecule has 6 heteroatoms. The van der Waals surface area contributed by atoms with Gasteiger partial charge in [0.1, 0.15) is 11.6 Å². The van der Waals surface area contributed by atoms with Gasteiger partial charge in [0.2, 0.25) is 0 Å². The highest BCUT2D eigenvalue weighted by Crippen LogP contribution is 2.39. The van der Waals surface area contributed by atoms with Crippen LogP contribution in [0.15, 0.2) is 77.6 Å². The standard InChI is InChI=1S/C24H21FN4O/c1-15(2)29-22(30)13-12-20(28-29)23-19(16-8-10-18(25)11-9-16)14-21(26)27-24(23)17-6-4-3-5-7-17/h3-15H,1-2H3,(H2,26,27). The predicted molar refractivity (Wildman–Crippen MR) is 117 cm³/mol. The molecule has 2 aromatic heterocycles. The molecule has 2 heterocycles. The van der Waals surface area contributed by atoms with Crippen molar-refractivity contribution in [3.8, 4) is 33.6 Å². The van der Waals surface area contributed by atoms with E-state index >= 15 is 0 Å². The first-order valence-corrected chi connectivity index (χ1v) is 9.66. The molecule has 0 unspecified atom stereocenters. The summed E-state index contributed by atoms with van der Waals surface area (Å²) in [6.07, 6.45) is 0. The van der Waals surface area contributed by atoms with Gasteiger partial charge in [-0.15, -0.1) is 0 Å². The first-order valence-electron chi connectivity index (χ1n) is 9.66. The maximum Gasteiger partial charge on any atom is 0.267 e. The maximum atomic E-state index is 13.5. The molecule has 30 heavy (non-hydrogen) atoms. The molecule has 4 aromatic rings. The first-order chi connectivity index (χ1) is 14.4. The summed E-state index contributed by atoms with van der Waals surface area (Å²) in [5.74, 6) is 0.0196. The van der Waals surface area contributed by atoms with Gasteiger partial charge < -0.3 is 5.73 Å². The summed E-state index contributed by atoms with van der Waals surface area (Å²) >= 11 is 0. The number of halogens is 1. The molecule has 0 aliphatic heterocycles. The van der Waals surface area contributed by atoms with Crippen LogP contribution in [-0.4, -0.2) is 14.8 Å². The summed E-state index contributed by atoms with van der Waals surface area (Å²) in [4.78, 5) is 16.9. The molecule has 0 amide bonds. The van der Waals surface area contributed by atoms with Gasteiger partial charge in [-0.05, 0) is 49.2 Å². The van der Waals surface area contributed by atoms with Gasteiger partial charge >= 0.3 is 0 Å². The highest BCUT2D eigenvalue weighted by molar-refractivity contribution is 5.92. The van der Waals surface area contributed by atoms with E-state index in [1.54, 1.807) is 24.3 Å². The summed E-state index contributed by atoms with van der Waals surface area (Å²) < 4.78 is 15.0. The van der Waals surface area contributed by atoms with E-state index in [1.807, 2.05) is 44.2 Å². The smallest absolute Gasteiger partial charge is 0.267 e. The molecule has 0 saturated carbocycles. The molecular formula is C24H21FN4O. The maximum absolute atomic E-state index is 13.5. The molecule has 5 nitrogen and oxygen atoms in total. The Kier molecular flexibility index (Phi) is 5.14. The molecule has 0 aliphatic carbocycles. The normalized spacial score (nSPS) is 11.1. The average molecular weight is 400 g/mol. The summed E-state index contributed by atoms with van der Waals surface area (Å²) in [5, 5.41) is 4.61. The van der Waals surface area contributed by atoms with Crippen molar-refractivity contribution in [1.82, 2.24) is 14.8 Å². The molecule has 0 saturated heterocycles. The van der Waals surface area contributed by atoms with Crippen LogP contribution in [0.2, 0.25) is 0 Å². The fourth-order valence-corrected chi connectivity index (χ4v) is 3.41. The van der Waals surface area contributed by atoms with Crippen LogP contribution in [0.1, 0.15) is 19.9 Å². The van der Waals surface area contributed by atoms with Crippen molar-refractivity contribution in [1.29, 1.82) is 0 Å². The molecule has 2 aromatic carbocycles. The Labute approximate surface area is 173 Å². The molecule has 0 aliphatic rings. The topological polar surface area (TPSA) is 73.8 Å². The van der Waals surface area contributed by atoms with E-state index < -0.39 is 0 Å². The number of hydrogen-bond acceptors (Lipinski definition) is 4. The Morgan fingerprint density at radius 1 is 0.933 bits per heavy atom. The zero-order chi connectivity index (χ0) is 21.3. The zero-order valence-corrected chi connectivity index (χ0v) is 16.7. The molecule has 0 atom stereocenters. The Hall–Kier alpha value is -3.80. The van der Waals surface area contributed by atoms with Crippen molar-refractivity contribution in [2.24, 2.45) is 0 Å². The van der Waals surface area contributed by atoms with Crippen LogP contribution in [0, 0.1) is 5.82 Å². The van der Waals surface area contributed by atoms with Gasteiger partial charge in [-0.3, -0.25) is 4.79 Å². The number of nitrogens with two attached hydrogens (primary N) is 1. The Morgan fingerprint density at radius 2 is 1.63 bits per heavy atom. The van der Waals surface area contributed by atoms with Crippen molar-refractivity contribution >= 4 is 5.82 Å². The fraction of sp³-hybridized carbons (Fsp3) is 0.125. The van der Waals surface area contributed by atoms with Crippen LogP contribution in [0.25, 0.3) is 33.6 Å². The molecule has 4 rings (SSSR count). The molecule has 0 bridgehead atoms. The Balaban J connectivity index is 2.07. The van der Waals surface area contributed by atoms with Crippen molar-refractivity contribution in [3.05, 3.63) is 89.0 Å². The van der Waals surface area contributed by atoms with Crippen LogP contribution in [0.3, 0.4) is 0 Å². The second kappa shape index (κ2) is 7.91. The third kappa shape index (κ3) is 3.72. The minimum absolute atomic E-state index is 0.103. The van der Waals surface area contributed by atoms with E-state index in [-0.39, 0.29) is 17.4 Å². The first kappa shape index (κ1) is 19.5. The van der Waals surface area contributed by atoms with Crippen LogP contribution < -0.4 is 11.3 Å². The molecule has 0 spiro atoms. The molecule has 0 fully saturated rings. The zero-order valence-electron chi connectivity index (χ0n) is 16.7. The van der Waals surface area contributed by atoms with E-state index in [0.717, 1.165) is 22.3 Å².